The Morgan fingerprint density at radius 3 is 1.27 bits per heavy atom. The number of rotatable bonds is 19. The zero-order chi connectivity index (χ0) is 71.1. The highest BCUT2D eigenvalue weighted by molar-refractivity contribution is 9.10. The number of hydrogen-bond donors (Lipinski definition) is 2. The van der Waals surface area contributed by atoms with E-state index < -0.39 is 27.9 Å². The van der Waals surface area contributed by atoms with Gasteiger partial charge in [0.2, 0.25) is 0 Å². The van der Waals surface area contributed by atoms with Gasteiger partial charge in [-0.1, -0.05) is 70.5 Å². The van der Waals surface area contributed by atoms with Crippen molar-refractivity contribution >= 4 is 68.8 Å². The van der Waals surface area contributed by atoms with E-state index in [1.807, 2.05) is 157 Å². The van der Waals surface area contributed by atoms with Gasteiger partial charge in [0.05, 0.1) is 11.8 Å². The molecule has 98 heavy (non-hydrogen) atoms. The first-order valence-corrected chi connectivity index (χ1v) is 33.7. The van der Waals surface area contributed by atoms with Gasteiger partial charge in [0, 0.05) is 68.0 Å². The Morgan fingerprint density at radius 2 is 0.898 bits per heavy atom. The average molecular weight is 1400 g/mol. The number of likely N-dealkylation sites (tertiary alicyclic amines) is 2. The molecule has 2 amide bonds. The van der Waals surface area contributed by atoms with E-state index in [1.165, 1.54) is 20.8 Å². The Bertz CT molecular complexity index is 3790. The van der Waals surface area contributed by atoms with Crippen LogP contribution in [-0.4, -0.2) is 128 Å². The van der Waals surface area contributed by atoms with E-state index in [4.69, 9.17) is 33.2 Å². The number of oxazole rings is 1. The molecule has 4 heterocycles. The van der Waals surface area contributed by atoms with Crippen LogP contribution >= 0.6 is 15.9 Å². The van der Waals surface area contributed by atoms with Crippen molar-refractivity contribution in [3.05, 3.63) is 187 Å². The second-order valence-corrected chi connectivity index (χ2v) is 26.9. The molecule has 21 heteroatoms. The van der Waals surface area contributed by atoms with Crippen molar-refractivity contribution in [1.29, 1.82) is 0 Å². The number of aliphatic carboxylic acids is 1. The van der Waals surface area contributed by atoms with Crippen LogP contribution in [0.4, 0.5) is 9.59 Å². The van der Waals surface area contributed by atoms with Crippen molar-refractivity contribution in [2.45, 2.75) is 129 Å². The number of para-hydroxylation sites is 3. The van der Waals surface area contributed by atoms with Crippen LogP contribution < -0.4 is 19.5 Å². The van der Waals surface area contributed by atoms with E-state index in [1.54, 1.807) is 58.3 Å². The summed E-state index contributed by atoms with van der Waals surface area (Å²) >= 11 is 3.09. The van der Waals surface area contributed by atoms with Gasteiger partial charge in [-0.2, -0.15) is 0 Å². The van der Waals surface area contributed by atoms with E-state index in [0.29, 0.717) is 97.6 Å². The summed E-state index contributed by atoms with van der Waals surface area (Å²) in [7, 11) is 0. The van der Waals surface area contributed by atoms with E-state index >= 15 is 0 Å². The van der Waals surface area contributed by atoms with Crippen LogP contribution in [-0.2, 0) is 28.7 Å². The fourth-order valence-electron chi connectivity index (χ4n) is 10.6. The van der Waals surface area contributed by atoms with Crippen molar-refractivity contribution in [2.75, 3.05) is 39.3 Å². The van der Waals surface area contributed by atoms with E-state index in [2.05, 4.69) is 26.2 Å². The van der Waals surface area contributed by atoms with Crippen LogP contribution in [0.2, 0.25) is 0 Å². The maximum Gasteiger partial charge on any atom is 0.410 e. The number of aromatic nitrogens is 1. The Kier molecular flexibility index (Phi) is 27.9. The number of amides is 2. The third-order valence-electron chi connectivity index (χ3n) is 15.9. The standard InChI is InChI=1S/C28H33NO6.C22H22N2O3.C16H13BrO3.C11H19NO4/c1-19(30)24(18-25(31)20-14-16-29(17-15-20)27(33)35-28(2,3)4)26(32)21-10-12-23(13-11-21)34-22-8-6-5-7-9-22;1-15(25)21-20(24-22(27-21)17-11-13-23-14-12-17)16-7-9-19(10-8-16)26-18-5-3-2-4-6-18;1-11(18)15(17)16(19)12-7-9-14(10-8-12)20-13-5-3-2-4-6-13;1-11(2,3)16-10(15)12-6-4-8(5-7-12)9(13)14/h5-13,20,24H,14-18H2,1-4H3;2-10,17,23H,11-14H2,1H3;2-10,15H,1H3;8H,4-7H2,1-3H3,(H,13,14). The van der Waals surface area contributed by atoms with E-state index in [0.717, 1.165) is 48.7 Å². The van der Waals surface area contributed by atoms with E-state index in [9.17, 15) is 43.2 Å². The lowest BCUT2D eigenvalue weighted by Gasteiger charge is -2.33. The molecule has 1 aromatic heterocycles. The molecule has 7 aromatic rings. The first kappa shape index (κ1) is 75.8. The summed E-state index contributed by atoms with van der Waals surface area (Å²) in [6, 6.07) is 49.1. The number of ketones is 6. The normalized spacial score (nSPS) is 14.9. The minimum Gasteiger partial charge on any atom is -0.481 e. The summed E-state index contributed by atoms with van der Waals surface area (Å²) in [6.45, 7) is 18.8. The van der Waals surface area contributed by atoms with Crippen LogP contribution in [0.5, 0.6) is 34.5 Å². The Morgan fingerprint density at radius 1 is 0.520 bits per heavy atom. The smallest absolute Gasteiger partial charge is 0.410 e. The number of benzene rings is 6. The summed E-state index contributed by atoms with van der Waals surface area (Å²) < 4.78 is 33.7. The minimum atomic E-state index is -1.02. The van der Waals surface area contributed by atoms with Gasteiger partial charge in [0.15, 0.2) is 34.8 Å². The van der Waals surface area contributed by atoms with Gasteiger partial charge in [0.1, 0.15) is 67.8 Å². The Hall–Kier alpha value is -9.60. The van der Waals surface area contributed by atoms with Gasteiger partial charge in [0.25, 0.3) is 0 Å². The molecular formula is C77H87BrN4O16. The van der Waals surface area contributed by atoms with Gasteiger partial charge in [-0.25, -0.2) is 14.6 Å². The lowest BCUT2D eigenvalue weighted by molar-refractivity contribution is -0.143. The molecule has 2 unspecified atom stereocenters. The lowest BCUT2D eigenvalue weighted by Crippen LogP contribution is -2.43. The zero-order valence-electron chi connectivity index (χ0n) is 57.0. The van der Waals surface area contributed by atoms with Gasteiger partial charge in [-0.05, 0) is 216 Å². The first-order valence-electron chi connectivity index (χ1n) is 32.8. The molecule has 3 aliphatic rings. The van der Waals surface area contributed by atoms with Gasteiger partial charge < -0.3 is 48.3 Å². The predicted octanol–water partition coefficient (Wildman–Crippen LogP) is 16.0. The molecule has 518 valence electrons. The quantitative estimate of drug-likeness (QED) is 0.0433. The summed E-state index contributed by atoms with van der Waals surface area (Å²) in [5.41, 5.74) is 1.22. The molecule has 3 saturated heterocycles. The summed E-state index contributed by atoms with van der Waals surface area (Å²) in [5, 5.41) is 12.2. The van der Waals surface area contributed by atoms with Crippen molar-refractivity contribution in [1.82, 2.24) is 20.1 Å². The fraction of sp³-hybridized carbons (Fsp3) is 0.377. The number of piperidine rings is 3. The fourth-order valence-corrected chi connectivity index (χ4v) is 10.9. The van der Waals surface area contributed by atoms with Crippen molar-refractivity contribution in [2.24, 2.45) is 17.8 Å². The van der Waals surface area contributed by atoms with Gasteiger partial charge >= 0.3 is 18.2 Å². The van der Waals surface area contributed by atoms with Crippen molar-refractivity contribution < 1.29 is 76.4 Å². The number of alkyl halides is 1. The number of halogens is 1. The average Bonchev–Trinajstić information content (AvgIpc) is 1.63. The SMILES string of the molecule is CC(=O)C(Br)C(=O)c1ccc(Oc2ccccc2)cc1.CC(=O)C(CC(=O)C1CCN(C(=O)OC(C)(C)C)CC1)C(=O)c1ccc(Oc2ccccc2)cc1.CC(=O)c1oc(C2CCNCC2)nc1-c1ccc(Oc2ccccc2)cc1.CC(C)(C)OC(=O)N1CCC(C(=O)O)CC1. The summed E-state index contributed by atoms with van der Waals surface area (Å²) in [5.74, 6) is 1.60. The topological polar surface area (TPSA) is 265 Å². The number of hydrogen-bond acceptors (Lipinski definition) is 17. The highest BCUT2D eigenvalue weighted by Crippen LogP contribution is 2.34. The van der Waals surface area contributed by atoms with Crippen LogP contribution in [0.15, 0.2) is 168 Å². The second-order valence-electron chi connectivity index (χ2n) is 26.0. The van der Waals surface area contributed by atoms with Crippen LogP contribution in [0, 0.1) is 17.8 Å². The lowest BCUT2D eigenvalue weighted by atomic mass is 9.83. The number of nitrogens with zero attached hydrogens (tertiary/aromatic N) is 3. The molecule has 0 aliphatic carbocycles. The molecule has 0 spiro atoms. The summed E-state index contributed by atoms with van der Waals surface area (Å²) in [4.78, 5) is 115. The molecule has 6 aromatic carbocycles. The molecule has 20 nitrogen and oxygen atoms in total. The molecule has 10 rings (SSSR count). The van der Waals surface area contributed by atoms with Crippen molar-refractivity contribution in [3.63, 3.8) is 0 Å². The number of Topliss-reactive ketones (excluding diaryl/α,β-unsaturated/α-hetero) is 6. The van der Waals surface area contributed by atoms with Crippen LogP contribution in [0.1, 0.15) is 150 Å². The van der Waals surface area contributed by atoms with Crippen LogP contribution in [0.25, 0.3) is 11.3 Å². The number of carboxylic acids is 1. The summed E-state index contributed by atoms with van der Waals surface area (Å²) in [6.07, 6.45) is 3.07. The monoisotopic (exact) mass is 1400 g/mol. The first-order chi connectivity index (χ1) is 46.6. The highest BCUT2D eigenvalue weighted by Gasteiger charge is 2.35. The highest BCUT2D eigenvalue weighted by atomic mass is 79.9. The van der Waals surface area contributed by atoms with Crippen LogP contribution in [0.3, 0.4) is 0 Å². The van der Waals surface area contributed by atoms with Gasteiger partial charge in [-0.15, -0.1) is 0 Å². The Balaban J connectivity index is 0.000000192. The molecular weight excluding hydrogens is 1320 g/mol. The largest absolute Gasteiger partial charge is 0.481 e. The maximum atomic E-state index is 13.1. The molecule has 0 radical (unpaired) electrons. The number of ether oxygens (including phenoxy) is 5. The zero-order valence-corrected chi connectivity index (χ0v) is 58.5. The molecule has 0 saturated carbocycles. The van der Waals surface area contributed by atoms with Crippen molar-refractivity contribution in [3.8, 4) is 45.8 Å². The van der Waals surface area contributed by atoms with Gasteiger partial charge in [-0.3, -0.25) is 33.6 Å². The number of carbonyl (C=O) groups excluding carboxylic acids is 8. The third-order valence-corrected chi connectivity index (χ3v) is 17.0. The number of carbonyl (C=O) groups is 9. The molecule has 2 atom stereocenters. The Labute approximate surface area is 580 Å². The predicted molar refractivity (Wildman–Crippen MR) is 374 cm³/mol. The van der Waals surface area contributed by atoms with E-state index in [-0.39, 0.29) is 71.1 Å². The molecule has 2 N–H and O–H groups in total. The molecule has 3 fully saturated rings. The molecule has 3 aliphatic heterocycles. The molecule has 0 bridgehead atoms. The number of nitrogens with one attached hydrogen (secondary N) is 1. The number of carboxylic acid groups (broad SMARTS) is 1. The minimum absolute atomic E-state index is 0.109. The maximum absolute atomic E-state index is 13.1. The second kappa shape index (κ2) is 36.1. The third kappa shape index (κ3) is 23.9.